The molecule has 2 heterocycles. The van der Waals surface area contributed by atoms with E-state index in [4.69, 9.17) is 9.26 Å². The van der Waals surface area contributed by atoms with Gasteiger partial charge in [-0.1, -0.05) is 51.4 Å². The molecule has 0 bridgehead atoms. The number of Topliss-reactive ketones (excluding diaryl/α,β-unsaturated/α-hetero) is 1. The van der Waals surface area contributed by atoms with Crippen molar-refractivity contribution in [3.05, 3.63) is 81.5 Å². The first-order valence-corrected chi connectivity index (χ1v) is 9.85. The number of aliphatic hydroxyl groups is 1. The first kappa shape index (κ1) is 19.9. The number of halogens is 1. The fourth-order valence-electron chi connectivity index (χ4n) is 3.49. The Bertz CT molecular complexity index is 1170. The predicted octanol–water partition coefficient (Wildman–Crippen LogP) is 4.38. The van der Waals surface area contributed by atoms with Crippen LogP contribution in [0.5, 0.6) is 5.75 Å². The van der Waals surface area contributed by atoms with Crippen molar-refractivity contribution in [2.75, 3.05) is 12.0 Å². The van der Waals surface area contributed by atoms with Crippen LogP contribution in [0.2, 0.25) is 0 Å². The van der Waals surface area contributed by atoms with E-state index in [0.717, 1.165) is 4.47 Å². The predicted molar refractivity (Wildman–Crippen MR) is 113 cm³/mol. The molecule has 0 saturated carbocycles. The Balaban J connectivity index is 1.98. The lowest BCUT2D eigenvalue weighted by Gasteiger charge is -2.24. The summed E-state index contributed by atoms with van der Waals surface area (Å²) in [7, 11) is 1.50. The van der Waals surface area contributed by atoms with Gasteiger partial charge in [0, 0.05) is 21.7 Å². The number of carbonyl (C=O) groups is 2. The largest absolute Gasteiger partial charge is 0.507 e. The fraction of sp³-hybridized carbons (Fsp3) is 0.136. The number of methoxy groups -OCH3 is 1. The number of ether oxygens (including phenoxy) is 1. The molecular weight excluding hydrogens is 452 g/mol. The van der Waals surface area contributed by atoms with Crippen LogP contribution >= 0.6 is 15.9 Å². The van der Waals surface area contributed by atoms with Gasteiger partial charge in [0.15, 0.2) is 5.82 Å². The molecule has 1 aliphatic heterocycles. The SMILES string of the molecule is COc1ccccc1[C@@H]1/C(=C(\O)c2ccc(Br)cc2)C(=O)C(=O)N1c1cc(C)on1. The highest BCUT2D eigenvalue weighted by Gasteiger charge is 2.49. The number of anilines is 1. The maximum absolute atomic E-state index is 13.0. The van der Waals surface area contributed by atoms with Crippen LogP contribution in [0.25, 0.3) is 5.76 Å². The highest BCUT2D eigenvalue weighted by Crippen LogP contribution is 2.44. The Kier molecular flexibility index (Phi) is 5.17. The normalized spacial score (nSPS) is 18.1. The summed E-state index contributed by atoms with van der Waals surface area (Å²) in [4.78, 5) is 27.3. The third-order valence-corrected chi connectivity index (χ3v) is 5.39. The van der Waals surface area contributed by atoms with Crippen molar-refractivity contribution in [3.63, 3.8) is 0 Å². The number of nitrogens with zero attached hydrogens (tertiary/aromatic N) is 2. The number of rotatable bonds is 4. The molecule has 1 amide bonds. The van der Waals surface area contributed by atoms with Gasteiger partial charge in [0.2, 0.25) is 0 Å². The summed E-state index contributed by atoms with van der Waals surface area (Å²) in [5.74, 6) is -0.764. The minimum atomic E-state index is -0.936. The van der Waals surface area contributed by atoms with Crippen molar-refractivity contribution in [2.45, 2.75) is 13.0 Å². The van der Waals surface area contributed by atoms with Crippen LogP contribution in [0.15, 0.2) is 69.2 Å². The summed E-state index contributed by atoms with van der Waals surface area (Å²) in [6.45, 7) is 1.69. The van der Waals surface area contributed by atoms with Crippen LogP contribution in [0.3, 0.4) is 0 Å². The third-order valence-electron chi connectivity index (χ3n) is 4.86. The number of aliphatic hydroxyl groups excluding tert-OH is 1. The molecule has 1 fully saturated rings. The monoisotopic (exact) mass is 468 g/mol. The molecule has 7 nitrogen and oxygen atoms in total. The zero-order valence-corrected chi connectivity index (χ0v) is 17.7. The van der Waals surface area contributed by atoms with Crippen LogP contribution in [-0.2, 0) is 9.59 Å². The first-order valence-electron chi connectivity index (χ1n) is 9.05. The quantitative estimate of drug-likeness (QED) is 0.347. The van der Waals surface area contributed by atoms with Gasteiger partial charge in [-0.15, -0.1) is 0 Å². The topological polar surface area (TPSA) is 92.9 Å². The molecule has 4 rings (SSSR count). The maximum atomic E-state index is 13.0. The first-order chi connectivity index (χ1) is 14.4. The smallest absolute Gasteiger partial charge is 0.301 e. The number of hydrogen-bond donors (Lipinski definition) is 1. The third kappa shape index (κ3) is 3.29. The molecule has 3 aromatic rings. The van der Waals surface area contributed by atoms with Crippen LogP contribution in [0.1, 0.15) is 22.9 Å². The second-order valence-corrected chi connectivity index (χ2v) is 7.63. The lowest BCUT2D eigenvalue weighted by atomic mass is 9.94. The maximum Gasteiger partial charge on any atom is 0.301 e. The number of ketones is 1. The van der Waals surface area contributed by atoms with Gasteiger partial charge in [-0.25, -0.2) is 0 Å². The molecule has 0 aliphatic carbocycles. The summed E-state index contributed by atoms with van der Waals surface area (Å²) >= 11 is 3.35. The van der Waals surface area contributed by atoms with E-state index in [0.29, 0.717) is 22.6 Å². The molecule has 0 radical (unpaired) electrons. The van der Waals surface area contributed by atoms with Crippen molar-refractivity contribution in [3.8, 4) is 5.75 Å². The molecule has 1 saturated heterocycles. The van der Waals surface area contributed by atoms with Gasteiger partial charge >= 0.3 is 5.91 Å². The summed E-state index contributed by atoms with van der Waals surface area (Å²) < 4.78 is 11.4. The standard InChI is InChI=1S/C22H17BrN2O5/c1-12-11-17(24-30-12)25-19(15-5-3-4-6-16(15)29-2)18(21(27)22(25)28)20(26)13-7-9-14(23)10-8-13/h3-11,19,26H,1-2H3/b20-18+/t19-/m1/s1. The van der Waals surface area contributed by atoms with Crippen LogP contribution < -0.4 is 9.64 Å². The van der Waals surface area contributed by atoms with Crippen molar-refractivity contribution in [2.24, 2.45) is 0 Å². The zero-order valence-electron chi connectivity index (χ0n) is 16.1. The number of aromatic nitrogens is 1. The number of benzene rings is 2. The average Bonchev–Trinajstić information content (AvgIpc) is 3.29. The Labute approximate surface area is 180 Å². The van der Waals surface area contributed by atoms with Crippen molar-refractivity contribution >= 4 is 39.2 Å². The van der Waals surface area contributed by atoms with Gasteiger partial charge in [0.05, 0.1) is 12.7 Å². The van der Waals surface area contributed by atoms with Crippen molar-refractivity contribution < 1.29 is 24.0 Å². The van der Waals surface area contributed by atoms with E-state index < -0.39 is 17.7 Å². The van der Waals surface area contributed by atoms with Gasteiger partial charge in [0.1, 0.15) is 23.3 Å². The van der Waals surface area contributed by atoms with Crippen LogP contribution in [0.4, 0.5) is 5.82 Å². The Morgan fingerprint density at radius 2 is 1.87 bits per heavy atom. The second kappa shape index (κ2) is 7.79. The summed E-state index contributed by atoms with van der Waals surface area (Å²) in [6.07, 6.45) is 0. The summed E-state index contributed by atoms with van der Waals surface area (Å²) in [6, 6.07) is 14.4. The summed E-state index contributed by atoms with van der Waals surface area (Å²) in [5, 5.41) is 15.0. The fourth-order valence-corrected chi connectivity index (χ4v) is 3.75. The number of carbonyl (C=O) groups excluding carboxylic acids is 2. The molecule has 1 aromatic heterocycles. The molecule has 0 spiro atoms. The van der Waals surface area contributed by atoms with E-state index in [2.05, 4.69) is 21.1 Å². The number of amides is 1. The van der Waals surface area contributed by atoms with Gasteiger partial charge < -0.3 is 14.4 Å². The van der Waals surface area contributed by atoms with Crippen molar-refractivity contribution in [1.29, 1.82) is 0 Å². The Hall–Kier alpha value is -3.39. The molecule has 1 aliphatic rings. The van der Waals surface area contributed by atoms with Gasteiger partial charge in [0.25, 0.3) is 5.78 Å². The van der Waals surface area contributed by atoms with Crippen LogP contribution in [-0.4, -0.2) is 29.1 Å². The van der Waals surface area contributed by atoms with Crippen LogP contribution in [0, 0.1) is 6.92 Å². The molecular formula is C22H17BrN2O5. The van der Waals surface area contributed by atoms with E-state index in [-0.39, 0.29) is 17.2 Å². The van der Waals surface area contributed by atoms with Gasteiger partial charge in [-0.3, -0.25) is 14.5 Å². The van der Waals surface area contributed by atoms with Gasteiger partial charge in [-0.05, 0) is 25.1 Å². The summed E-state index contributed by atoms with van der Waals surface area (Å²) in [5.41, 5.74) is 0.901. The van der Waals surface area contributed by atoms with Gasteiger partial charge in [-0.2, -0.15) is 0 Å². The lowest BCUT2D eigenvalue weighted by molar-refractivity contribution is -0.132. The molecule has 0 unspecified atom stereocenters. The molecule has 2 aromatic carbocycles. The van der Waals surface area contributed by atoms with Crippen molar-refractivity contribution in [1.82, 2.24) is 5.16 Å². The average molecular weight is 469 g/mol. The van der Waals surface area contributed by atoms with E-state index >= 15 is 0 Å². The Morgan fingerprint density at radius 3 is 2.50 bits per heavy atom. The lowest BCUT2D eigenvalue weighted by Crippen LogP contribution is -2.29. The minimum absolute atomic E-state index is 0.0486. The number of aryl methyl sites for hydroxylation is 1. The Morgan fingerprint density at radius 1 is 1.17 bits per heavy atom. The molecule has 1 N–H and O–H groups in total. The molecule has 1 atom stereocenters. The van der Waals surface area contributed by atoms with E-state index in [1.807, 2.05) is 0 Å². The van der Waals surface area contributed by atoms with E-state index in [9.17, 15) is 14.7 Å². The highest BCUT2D eigenvalue weighted by atomic mass is 79.9. The van der Waals surface area contributed by atoms with E-state index in [1.54, 1.807) is 61.5 Å². The zero-order chi connectivity index (χ0) is 21.4. The second-order valence-electron chi connectivity index (χ2n) is 6.71. The molecule has 30 heavy (non-hydrogen) atoms. The molecule has 8 heteroatoms. The number of hydrogen-bond acceptors (Lipinski definition) is 6. The number of para-hydroxylation sites is 1. The molecule has 152 valence electrons. The minimum Gasteiger partial charge on any atom is -0.507 e. The highest BCUT2D eigenvalue weighted by molar-refractivity contribution is 9.10. The van der Waals surface area contributed by atoms with E-state index in [1.165, 1.54) is 12.0 Å².